The highest BCUT2D eigenvalue weighted by atomic mass is 35.5. The van der Waals surface area contributed by atoms with Gasteiger partial charge in [0.1, 0.15) is 0 Å². The Balaban J connectivity index is 0.000000462. The summed E-state index contributed by atoms with van der Waals surface area (Å²) in [5.41, 5.74) is 1.53. The molecule has 0 heterocycles. The van der Waals surface area contributed by atoms with Crippen LogP contribution in [-0.2, 0) is 28.5 Å². The summed E-state index contributed by atoms with van der Waals surface area (Å²) in [7, 11) is 0. The second-order valence-electron chi connectivity index (χ2n) is 10.3. The van der Waals surface area contributed by atoms with Crippen LogP contribution < -0.4 is 10.6 Å². The lowest BCUT2D eigenvalue weighted by Gasteiger charge is -2.11. The van der Waals surface area contributed by atoms with Crippen molar-refractivity contribution in [3.8, 4) is 0 Å². The third-order valence-electron chi connectivity index (χ3n) is 6.48. The number of anilines is 2. The van der Waals surface area contributed by atoms with Gasteiger partial charge in [0.15, 0.2) is 5.88 Å². The first-order valence-electron chi connectivity index (χ1n) is 15.6. The van der Waals surface area contributed by atoms with Gasteiger partial charge in [0, 0.05) is 27.5 Å². The van der Waals surface area contributed by atoms with E-state index in [4.69, 9.17) is 42.1 Å². The number of esters is 2. The molecule has 2 rings (SSSR count). The molecule has 9 nitrogen and oxygen atoms in total. The van der Waals surface area contributed by atoms with E-state index in [1.807, 2.05) is 38.1 Å². The Morgan fingerprint density at radius 3 is 1.61 bits per heavy atom. The molecule has 1 amide bonds. The average Bonchev–Trinajstić information content (AvgIpc) is 3.05. The molecule has 0 aliphatic rings. The number of ether oxygens (including phenoxy) is 4. The minimum absolute atomic E-state index is 0.00227. The lowest BCUT2D eigenvalue weighted by Crippen LogP contribution is -2.14. The topological polar surface area (TPSA) is 112 Å². The van der Waals surface area contributed by atoms with Crippen molar-refractivity contribution < 1.29 is 33.3 Å². The average molecular weight is 680 g/mol. The van der Waals surface area contributed by atoms with E-state index in [9.17, 15) is 14.4 Å². The first kappa shape index (κ1) is 40.3. The Hall–Kier alpha value is -3.69. The molecule has 0 saturated heterocycles. The zero-order valence-corrected chi connectivity index (χ0v) is 28.5. The van der Waals surface area contributed by atoms with E-state index in [2.05, 4.69) is 23.8 Å². The number of carbonyl (C=O) groups excluding carboxylic acids is 3. The second kappa shape index (κ2) is 25.5. The molecule has 2 aromatic rings. The predicted molar refractivity (Wildman–Crippen MR) is 185 cm³/mol. The Morgan fingerprint density at radius 2 is 1.13 bits per heavy atom. The summed E-state index contributed by atoms with van der Waals surface area (Å²) in [6, 6.07) is 14.2. The summed E-state index contributed by atoms with van der Waals surface area (Å²) >= 11 is 11.6. The van der Waals surface area contributed by atoms with E-state index in [1.165, 1.54) is 0 Å². The molecule has 1 unspecified atom stereocenters. The third-order valence-corrected chi connectivity index (χ3v) is 6.98. The number of benzene rings is 2. The molecule has 0 saturated carbocycles. The molecule has 46 heavy (non-hydrogen) atoms. The van der Waals surface area contributed by atoms with Crippen molar-refractivity contribution in [2.45, 2.75) is 71.6 Å². The fourth-order valence-corrected chi connectivity index (χ4v) is 3.86. The number of nitrogens with one attached hydrogen (secondary N) is 2. The highest BCUT2D eigenvalue weighted by Gasteiger charge is 2.11. The minimum Gasteiger partial charge on any atom is -0.479 e. The predicted octanol–water partition coefficient (Wildman–Crippen LogP) is 9.57. The summed E-state index contributed by atoms with van der Waals surface area (Å²) in [6.45, 7) is 12.9. The summed E-state index contributed by atoms with van der Waals surface area (Å²) in [4.78, 5) is 33.8. The molecule has 0 spiro atoms. The van der Waals surface area contributed by atoms with Crippen LogP contribution in [0.1, 0.15) is 71.6 Å². The zero-order chi connectivity index (χ0) is 34.0. The van der Waals surface area contributed by atoms with Gasteiger partial charge in [-0.1, -0.05) is 43.6 Å². The van der Waals surface area contributed by atoms with Gasteiger partial charge in [-0.3, -0.25) is 10.1 Å². The lowest BCUT2D eigenvalue weighted by atomic mass is 10.1. The van der Waals surface area contributed by atoms with E-state index in [1.54, 1.807) is 24.3 Å². The molecule has 1 atom stereocenters. The number of hydrogen-bond acceptors (Lipinski definition) is 8. The molecular weight excluding hydrogens is 631 g/mol. The number of halogens is 2. The van der Waals surface area contributed by atoms with Crippen molar-refractivity contribution >= 4 is 52.6 Å². The Bertz CT molecular complexity index is 1170. The zero-order valence-electron chi connectivity index (χ0n) is 27.0. The number of carbonyl (C=O) groups is 3. The van der Waals surface area contributed by atoms with E-state index < -0.39 is 12.1 Å². The molecule has 0 bridgehead atoms. The van der Waals surface area contributed by atoms with E-state index in [-0.39, 0.29) is 11.9 Å². The first-order valence-corrected chi connectivity index (χ1v) is 16.4. The van der Waals surface area contributed by atoms with Crippen molar-refractivity contribution in [2.75, 3.05) is 37.1 Å². The van der Waals surface area contributed by atoms with Crippen LogP contribution >= 0.6 is 23.2 Å². The van der Waals surface area contributed by atoms with Gasteiger partial charge in [0.2, 0.25) is 0 Å². The summed E-state index contributed by atoms with van der Waals surface area (Å²) in [6.07, 6.45) is 8.75. The number of unbranched alkanes of at least 4 members (excludes halogenated alkanes) is 6. The van der Waals surface area contributed by atoms with E-state index in [0.717, 1.165) is 69.6 Å². The van der Waals surface area contributed by atoms with Crippen molar-refractivity contribution in [2.24, 2.45) is 5.92 Å². The lowest BCUT2D eigenvalue weighted by molar-refractivity contribution is -0.148. The molecular formula is C35H48Cl2N2O7. The maximum atomic E-state index is 11.5. The fraction of sp³-hybridized carbons (Fsp3) is 0.457. The second-order valence-corrected chi connectivity index (χ2v) is 11.2. The van der Waals surface area contributed by atoms with Crippen LogP contribution in [0, 0.1) is 5.92 Å². The van der Waals surface area contributed by atoms with Crippen molar-refractivity contribution in [3.05, 3.63) is 83.7 Å². The van der Waals surface area contributed by atoms with Crippen molar-refractivity contribution in [1.29, 1.82) is 0 Å². The quantitative estimate of drug-likeness (QED) is 0.0441. The van der Waals surface area contributed by atoms with Crippen molar-refractivity contribution in [3.63, 3.8) is 0 Å². The Morgan fingerprint density at radius 1 is 0.696 bits per heavy atom. The molecule has 0 aromatic heterocycles. The van der Waals surface area contributed by atoms with Gasteiger partial charge in [0.05, 0.1) is 32.3 Å². The van der Waals surface area contributed by atoms with Crippen LogP contribution in [0.25, 0.3) is 0 Å². The van der Waals surface area contributed by atoms with Crippen LogP contribution in [0.4, 0.5) is 16.2 Å². The summed E-state index contributed by atoms with van der Waals surface area (Å²) < 4.78 is 20.7. The van der Waals surface area contributed by atoms with Gasteiger partial charge in [-0.2, -0.15) is 0 Å². The summed E-state index contributed by atoms with van der Waals surface area (Å²) in [5.74, 6) is 0.0324. The molecule has 11 heteroatoms. The number of hydrogen-bond donors (Lipinski definition) is 2. The van der Waals surface area contributed by atoms with Gasteiger partial charge in [-0.25, -0.2) is 9.59 Å². The highest BCUT2D eigenvalue weighted by Crippen LogP contribution is 2.16. The maximum absolute atomic E-state index is 11.5. The normalized spacial score (nSPS) is 10.8. The maximum Gasteiger partial charge on any atom is 0.411 e. The van der Waals surface area contributed by atoms with Crippen LogP contribution in [0.15, 0.2) is 73.6 Å². The molecule has 0 radical (unpaired) electrons. The molecule has 0 aliphatic carbocycles. The highest BCUT2D eigenvalue weighted by molar-refractivity contribution is 6.30. The molecule has 254 valence electrons. The molecule has 0 fully saturated rings. The van der Waals surface area contributed by atoms with Crippen LogP contribution in [0.3, 0.4) is 0 Å². The van der Waals surface area contributed by atoms with Crippen LogP contribution in [-0.4, -0.2) is 44.5 Å². The van der Waals surface area contributed by atoms with Gasteiger partial charge in [-0.15, -0.1) is 0 Å². The van der Waals surface area contributed by atoms with Crippen molar-refractivity contribution in [1.82, 2.24) is 0 Å². The monoisotopic (exact) mass is 678 g/mol. The fourth-order valence-electron chi connectivity index (χ4n) is 3.61. The largest absolute Gasteiger partial charge is 0.479 e. The number of rotatable bonds is 21. The third kappa shape index (κ3) is 21.1. The van der Waals surface area contributed by atoms with Crippen LogP contribution in [0.5, 0.6) is 0 Å². The molecule has 2 N–H and O–H groups in total. The molecule has 2 aromatic carbocycles. The van der Waals surface area contributed by atoms with Gasteiger partial charge in [-0.05, 0) is 113 Å². The van der Waals surface area contributed by atoms with Crippen LogP contribution in [0.2, 0.25) is 10.0 Å². The smallest absolute Gasteiger partial charge is 0.411 e. The van der Waals surface area contributed by atoms with Gasteiger partial charge < -0.3 is 24.3 Å². The first-order chi connectivity index (χ1) is 22.1. The minimum atomic E-state index is -0.484. The van der Waals surface area contributed by atoms with E-state index >= 15 is 0 Å². The summed E-state index contributed by atoms with van der Waals surface area (Å²) in [5, 5.41) is 6.99. The SMILES string of the molecule is C=C(Nc1ccc(Cl)cc1)OCCCCCCOC(=O)C(C)CC.C=CC(=O)OCCCCCCOC(=O)Nc1ccc(Cl)cc1. The Kier molecular flexibility index (Phi) is 22.4. The standard InChI is InChI=1S/C19H28ClNO3.C16H20ClNO4/c1-4-15(2)19(22)24-14-8-6-5-7-13-23-16(3)21-18-11-9-17(20)10-12-18;1-2-15(19)21-11-5-3-4-6-12-22-16(20)18-14-9-7-13(17)8-10-14/h9-12,15,21H,3-8,13-14H2,1-2H3;2,7-10H,1,3-6,11-12H2,(H,18,20). The van der Waals surface area contributed by atoms with E-state index in [0.29, 0.717) is 48.0 Å². The van der Waals surface area contributed by atoms with Gasteiger partial charge in [0.25, 0.3) is 0 Å². The van der Waals surface area contributed by atoms with Gasteiger partial charge >= 0.3 is 18.0 Å². The number of amides is 1. The molecule has 0 aliphatic heterocycles. The Labute approximate surface area is 283 Å².